The molecule has 1 atom stereocenters. The van der Waals surface area contributed by atoms with E-state index in [9.17, 15) is 9.59 Å². The maximum absolute atomic E-state index is 12.9. The minimum absolute atomic E-state index is 0.156. The molecule has 144 valence electrons. The lowest BCUT2D eigenvalue weighted by atomic mass is 9.91. The fourth-order valence-corrected chi connectivity index (χ4v) is 3.20. The van der Waals surface area contributed by atoms with Gasteiger partial charge in [-0.1, -0.05) is 48.9 Å². The number of carbonyl (C=O) groups excluding carboxylic acids is 2. The lowest BCUT2D eigenvalue weighted by Crippen LogP contribution is -2.33. The highest BCUT2D eigenvalue weighted by Crippen LogP contribution is 2.35. The van der Waals surface area contributed by atoms with Crippen molar-refractivity contribution in [2.24, 2.45) is 5.73 Å². The van der Waals surface area contributed by atoms with E-state index in [4.69, 9.17) is 27.8 Å². The summed E-state index contributed by atoms with van der Waals surface area (Å²) in [6.07, 6.45) is 0.509. The van der Waals surface area contributed by atoms with Gasteiger partial charge in [-0.2, -0.15) is 0 Å². The Kier molecular flexibility index (Phi) is 6.29. The molecular weight excluding hydrogens is 364 g/mol. The Morgan fingerprint density at radius 1 is 1.19 bits per heavy atom. The van der Waals surface area contributed by atoms with Crippen LogP contribution in [0.15, 0.2) is 36.4 Å². The second-order valence-electron chi connectivity index (χ2n) is 7.27. The molecule has 5 nitrogen and oxygen atoms in total. The summed E-state index contributed by atoms with van der Waals surface area (Å²) < 4.78 is 5.39. The lowest BCUT2D eigenvalue weighted by molar-refractivity contribution is -0.156. The molecule has 0 saturated carbocycles. The average Bonchev–Trinajstić information content (AvgIpc) is 2.61. The van der Waals surface area contributed by atoms with Gasteiger partial charge in [0.15, 0.2) is 5.78 Å². The van der Waals surface area contributed by atoms with Gasteiger partial charge in [0.2, 0.25) is 0 Å². The Morgan fingerprint density at radius 3 is 2.30 bits per heavy atom. The van der Waals surface area contributed by atoms with Crippen LogP contribution in [0.3, 0.4) is 0 Å². The van der Waals surface area contributed by atoms with Crippen molar-refractivity contribution >= 4 is 29.0 Å². The van der Waals surface area contributed by atoms with E-state index in [-0.39, 0.29) is 17.0 Å². The zero-order valence-electron chi connectivity index (χ0n) is 16.0. The molecule has 0 aromatic heterocycles. The van der Waals surface area contributed by atoms with Crippen LogP contribution in [0.25, 0.3) is 0 Å². The summed E-state index contributed by atoms with van der Waals surface area (Å²) in [5.41, 5.74) is 13.6. The lowest BCUT2D eigenvalue weighted by Gasteiger charge is -2.25. The molecule has 0 aliphatic carbocycles. The molecule has 2 rings (SSSR count). The van der Waals surface area contributed by atoms with E-state index in [0.717, 1.165) is 0 Å². The minimum Gasteiger partial charge on any atom is -0.459 e. The van der Waals surface area contributed by atoms with Crippen LogP contribution in [-0.4, -0.2) is 17.4 Å². The molecule has 27 heavy (non-hydrogen) atoms. The predicted molar refractivity (Wildman–Crippen MR) is 108 cm³/mol. The molecule has 2 aromatic carbocycles. The number of hydrogen-bond donors (Lipinski definition) is 2. The maximum atomic E-state index is 12.9. The van der Waals surface area contributed by atoms with Crippen molar-refractivity contribution in [1.82, 2.24) is 0 Å². The van der Waals surface area contributed by atoms with Crippen LogP contribution >= 0.6 is 11.6 Å². The number of carbonyl (C=O) groups is 2. The first-order valence-electron chi connectivity index (χ1n) is 8.75. The molecule has 4 N–H and O–H groups in total. The standard InChI is InChI=1S/C21H25ClN2O3/c1-5-13-15(22)11-14(19(25)12-9-7-6-8-10-12)17(23)16(13)18(24)20(26)27-21(2,3)4/h6-11,18H,5,23-24H2,1-4H3. The van der Waals surface area contributed by atoms with Gasteiger partial charge in [-0.3, -0.25) is 4.79 Å². The summed E-state index contributed by atoms with van der Waals surface area (Å²) >= 11 is 6.40. The Labute approximate surface area is 164 Å². The molecule has 0 radical (unpaired) electrons. The first-order chi connectivity index (χ1) is 12.6. The molecule has 0 bridgehead atoms. The third kappa shape index (κ3) is 4.67. The highest BCUT2D eigenvalue weighted by molar-refractivity contribution is 6.32. The van der Waals surface area contributed by atoms with Gasteiger partial charge in [-0.25, -0.2) is 4.79 Å². The highest BCUT2D eigenvalue weighted by Gasteiger charge is 2.30. The van der Waals surface area contributed by atoms with Crippen LogP contribution in [0.4, 0.5) is 5.69 Å². The van der Waals surface area contributed by atoms with Gasteiger partial charge in [0.05, 0.1) is 0 Å². The first-order valence-corrected chi connectivity index (χ1v) is 9.13. The number of ether oxygens (including phenoxy) is 1. The van der Waals surface area contributed by atoms with Gasteiger partial charge >= 0.3 is 5.97 Å². The van der Waals surface area contributed by atoms with Crippen molar-refractivity contribution in [3.63, 3.8) is 0 Å². The SMILES string of the molecule is CCc1c(Cl)cc(C(=O)c2ccccc2)c(N)c1C(N)C(=O)OC(C)(C)C. The van der Waals surface area contributed by atoms with Crippen molar-refractivity contribution in [2.75, 3.05) is 5.73 Å². The molecule has 0 fully saturated rings. The van der Waals surface area contributed by atoms with Crippen LogP contribution in [-0.2, 0) is 16.0 Å². The number of anilines is 1. The molecule has 0 amide bonds. The monoisotopic (exact) mass is 388 g/mol. The van der Waals surface area contributed by atoms with Crippen molar-refractivity contribution < 1.29 is 14.3 Å². The summed E-state index contributed by atoms with van der Waals surface area (Å²) in [7, 11) is 0. The quantitative estimate of drug-likeness (QED) is 0.457. The van der Waals surface area contributed by atoms with Crippen LogP contribution in [0.5, 0.6) is 0 Å². The molecule has 6 heteroatoms. The highest BCUT2D eigenvalue weighted by atomic mass is 35.5. The summed E-state index contributed by atoms with van der Waals surface area (Å²) in [4.78, 5) is 25.4. The van der Waals surface area contributed by atoms with Gasteiger partial charge in [0.25, 0.3) is 0 Å². The summed E-state index contributed by atoms with van der Waals surface area (Å²) in [6, 6.07) is 9.12. The largest absolute Gasteiger partial charge is 0.459 e. The molecule has 0 aliphatic rings. The van der Waals surface area contributed by atoms with Crippen LogP contribution in [0.1, 0.15) is 60.8 Å². The third-order valence-corrected chi connectivity index (χ3v) is 4.41. The number of benzene rings is 2. The van der Waals surface area contributed by atoms with E-state index in [2.05, 4.69) is 0 Å². The van der Waals surface area contributed by atoms with Gasteiger partial charge < -0.3 is 16.2 Å². The summed E-state index contributed by atoms with van der Waals surface area (Å²) in [5.74, 6) is -0.903. The van der Waals surface area contributed by atoms with Crippen molar-refractivity contribution in [2.45, 2.75) is 45.8 Å². The third-order valence-electron chi connectivity index (χ3n) is 4.07. The van der Waals surface area contributed by atoms with Gasteiger partial charge in [0.1, 0.15) is 11.6 Å². The molecule has 0 saturated heterocycles. The fourth-order valence-electron chi connectivity index (χ4n) is 2.86. The number of nitrogens with two attached hydrogens (primary N) is 2. The minimum atomic E-state index is -1.14. The van der Waals surface area contributed by atoms with Crippen molar-refractivity contribution in [1.29, 1.82) is 0 Å². The molecule has 2 aromatic rings. The Morgan fingerprint density at radius 2 is 1.78 bits per heavy atom. The average molecular weight is 389 g/mol. The molecule has 0 heterocycles. The van der Waals surface area contributed by atoms with E-state index in [0.29, 0.717) is 28.1 Å². The maximum Gasteiger partial charge on any atom is 0.328 e. The van der Waals surface area contributed by atoms with E-state index in [1.807, 2.05) is 13.0 Å². The Hall–Kier alpha value is -2.37. The number of halogens is 1. The Balaban J connectivity index is 2.58. The number of nitrogen functional groups attached to an aromatic ring is 1. The molecule has 0 spiro atoms. The fraction of sp³-hybridized carbons (Fsp3) is 0.333. The predicted octanol–water partition coefficient (Wildman–Crippen LogP) is 4.06. The van der Waals surface area contributed by atoms with Crippen molar-refractivity contribution in [3.05, 3.63) is 63.7 Å². The second-order valence-corrected chi connectivity index (χ2v) is 7.68. The number of ketones is 1. The normalized spacial score (nSPS) is 12.5. The van der Waals surface area contributed by atoms with E-state index < -0.39 is 17.6 Å². The summed E-state index contributed by atoms with van der Waals surface area (Å²) in [6.45, 7) is 7.14. The second kappa shape index (κ2) is 8.11. The summed E-state index contributed by atoms with van der Waals surface area (Å²) in [5, 5.41) is 0.347. The molecule has 1 unspecified atom stereocenters. The first kappa shape index (κ1) is 20.9. The van der Waals surface area contributed by atoms with E-state index in [1.54, 1.807) is 45.0 Å². The van der Waals surface area contributed by atoms with Crippen LogP contribution in [0, 0.1) is 0 Å². The molecular formula is C21H25ClN2O3. The topological polar surface area (TPSA) is 95.4 Å². The smallest absolute Gasteiger partial charge is 0.328 e. The van der Waals surface area contributed by atoms with Crippen molar-refractivity contribution in [3.8, 4) is 0 Å². The van der Waals surface area contributed by atoms with E-state index in [1.165, 1.54) is 6.07 Å². The number of esters is 1. The van der Waals surface area contributed by atoms with Crippen LogP contribution in [0.2, 0.25) is 5.02 Å². The van der Waals surface area contributed by atoms with E-state index >= 15 is 0 Å². The zero-order valence-corrected chi connectivity index (χ0v) is 16.8. The van der Waals surface area contributed by atoms with Gasteiger partial charge in [-0.15, -0.1) is 0 Å². The Bertz CT molecular complexity index is 858. The molecule has 0 aliphatic heterocycles. The van der Waals surface area contributed by atoms with Crippen LogP contribution < -0.4 is 11.5 Å². The van der Waals surface area contributed by atoms with Gasteiger partial charge in [0, 0.05) is 27.4 Å². The van der Waals surface area contributed by atoms with Gasteiger partial charge in [-0.05, 0) is 38.8 Å². The number of rotatable bonds is 5. The zero-order chi connectivity index (χ0) is 20.4. The number of hydrogen-bond acceptors (Lipinski definition) is 5.